The number of rotatable bonds is 4. The Kier molecular flexibility index (Phi) is 6.09. The molecule has 1 rings (SSSR count). The molecule has 0 fully saturated rings. The Hall–Kier alpha value is -2.46. The van der Waals surface area contributed by atoms with Crippen LogP contribution in [0.4, 0.5) is 36.8 Å². The summed E-state index contributed by atoms with van der Waals surface area (Å²) in [4.78, 5) is 22.6. The van der Waals surface area contributed by atoms with Crippen LogP contribution in [0.25, 0.3) is 0 Å². The topological polar surface area (TPSA) is 81.4 Å². The van der Waals surface area contributed by atoms with Gasteiger partial charge < -0.3 is 10.5 Å². The Bertz CT molecular complexity index is 676. The molecule has 0 saturated heterocycles. The van der Waals surface area contributed by atoms with Crippen LogP contribution in [0.15, 0.2) is 24.3 Å². The second kappa shape index (κ2) is 7.28. The number of amides is 2. The maximum atomic E-state index is 13.4. The van der Waals surface area contributed by atoms with Crippen LogP contribution in [0.3, 0.4) is 0 Å². The molecule has 11 heteroatoms. The van der Waals surface area contributed by atoms with Gasteiger partial charge in [-0.3, -0.25) is 10.1 Å². The first-order valence-electron chi connectivity index (χ1n) is 7.52. The quantitative estimate of drug-likeness (QED) is 0.741. The first-order chi connectivity index (χ1) is 12.0. The van der Waals surface area contributed by atoms with Crippen molar-refractivity contribution in [3.05, 3.63) is 29.8 Å². The summed E-state index contributed by atoms with van der Waals surface area (Å²) in [6.45, 7) is 4.71. The lowest BCUT2D eigenvalue weighted by molar-refractivity contribution is -0.303. The predicted molar refractivity (Wildman–Crippen MR) is 83.9 cm³/mol. The van der Waals surface area contributed by atoms with Gasteiger partial charge in [-0.15, -0.1) is 0 Å². The van der Waals surface area contributed by atoms with Crippen molar-refractivity contribution in [3.63, 3.8) is 0 Å². The van der Waals surface area contributed by atoms with Gasteiger partial charge in [-0.1, -0.05) is 12.1 Å². The summed E-state index contributed by atoms with van der Waals surface area (Å²) in [5.41, 5.74) is -1.98. The summed E-state index contributed by atoms with van der Waals surface area (Å²) in [6, 6.07) is 2.73. The number of nitrogens with one attached hydrogen (secondary N) is 1. The van der Waals surface area contributed by atoms with Crippen molar-refractivity contribution in [2.24, 2.45) is 5.73 Å². The Balaban J connectivity index is 3.30. The molecule has 0 bridgehead atoms. The van der Waals surface area contributed by atoms with Crippen LogP contribution in [0.5, 0.6) is 0 Å². The second-order valence-corrected chi connectivity index (χ2v) is 6.75. The van der Waals surface area contributed by atoms with E-state index in [-0.39, 0.29) is 5.69 Å². The minimum Gasteiger partial charge on any atom is -0.444 e. The van der Waals surface area contributed by atoms with Crippen molar-refractivity contribution in [1.29, 1.82) is 0 Å². The highest BCUT2D eigenvalue weighted by molar-refractivity contribution is 5.85. The van der Waals surface area contributed by atoms with Gasteiger partial charge in [0.1, 0.15) is 5.60 Å². The SMILES string of the molecule is CC(C)(C)OC(=O)Nc1ccc(C(CC(N)=O)(C(F)(F)F)C(F)(F)F)cc1. The maximum absolute atomic E-state index is 13.4. The Morgan fingerprint density at radius 1 is 0.963 bits per heavy atom. The van der Waals surface area contributed by atoms with Gasteiger partial charge in [0, 0.05) is 5.69 Å². The first-order valence-corrected chi connectivity index (χ1v) is 7.52. The van der Waals surface area contributed by atoms with Crippen molar-refractivity contribution >= 4 is 17.7 Å². The third-order valence-corrected chi connectivity index (χ3v) is 3.43. The van der Waals surface area contributed by atoms with E-state index in [1.54, 1.807) is 20.8 Å². The van der Waals surface area contributed by atoms with Gasteiger partial charge in [-0.05, 0) is 38.5 Å². The van der Waals surface area contributed by atoms with E-state index in [0.29, 0.717) is 12.1 Å². The van der Waals surface area contributed by atoms with E-state index in [1.165, 1.54) is 0 Å². The predicted octanol–water partition coefficient (Wildman–Crippen LogP) is 4.27. The van der Waals surface area contributed by atoms with E-state index < -0.39 is 47.4 Å². The summed E-state index contributed by atoms with van der Waals surface area (Å²) in [7, 11) is 0. The fourth-order valence-electron chi connectivity index (χ4n) is 2.31. The zero-order valence-electron chi connectivity index (χ0n) is 14.6. The number of anilines is 1. The highest BCUT2D eigenvalue weighted by Crippen LogP contribution is 2.54. The van der Waals surface area contributed by atoms with Crippen LogP contribution in [-0.4, -0.2) is 30.0 Å². The number of nitrogens with two attached hydrogens (primary N) is 1. The lowest BCUT2D eigenvalue weighted by Gasteiger charge is -2.37. The van der Waals surface area contributed by atoms with Crippen LogP contribution in [0.1, 0.15) is 32.8 Å². The van der Waals surface area contributed by atoms with Gasteiger partial charge in [-0.25, -0.2) is 4.79 Å². The molecule has 0 radical (unpaired) electrons. The van der Waals surface area contributed by atoms with Crippen LogP contribution in [0, 0.1) is 0 Å². The number of hydrogen-bond donors (Lipinski definition) is 2. The number of benzene rings is 1. The number of alkyl halides is 6. The second-order valence-electron chi connectivity index (χ2n) is 6.75. The van der Waals surface area contributed by atoms with E-state index in [0.717, 1.165) is 12.1 Å². The number of halogens is 6. The average Bonchev–Trinajstić information content (AvgIpc) is 2.40. The minimum atomic E-state index is -5.83. The lowest BCUT2D eigenvalue weighted by atomic mass is 9.75. The fourth-order valence-corrected chi connectivity index (χ4v) is 2.31. The third-order valence-electron chi connectivity index (χ3n) is 3.43. The minimum absolute atomic E-state index is 0.0923. The fraction of sp³-hybridized carbons (Fsp3) is 0.500. The van der Waals surface area contributed by atoms with Gasteiger partial charge in [-0.2, -0.15) is 26.3 Å². The molecule has 0 aliphatic heterocycles. The molecule has 0 aliphatic carbocycles. The molecule has 1 aromatic rings. The molecule has 0 aliphatic rings. The molecule has 3 N–H and O–H groups in total. The molecular formula is C16H18F6N2O3. The summed E-state index contributed by atoms with van der Waals surface area (Å²) >= 11 is 0. The molecule has 0 atom stereocenters. The Morgan fingerprint density at radius 3 is 1.74 bits per heavy atom. The van der Waals surface area contributed by atoms with Gasteiger partial charge in [0.2, 0.25) is 5.91 Å². The van der Waals surface area contributed by atoms with Crippen molar-refractivity contribution in [3.8, 4) is 0 Å². The zero-order chi connectivity index (χ0) is 21.3. The molecule has 152 valence electrons. The van der Waals surface area contributed by atoms with Crippen LogP contribution in [-0.2, 0) is 14.9 Å². The maximum Gasteiger partial charge on any atom is 0.412 e. The Labute approximate surface area is 150 Å². The number of primary amides is 1. The zero-order valence-corrected chi connectivity index (χ0v) is 14.6. The summed E-state index contributed by atoms with van der Waals surface area (Å²) in [6.07, 6.45) is -14.6. The molecule has 0 spiro atoms. The highest BCUT2D eigenvalue weighted by Gasteiger charge is 2.72. The van der Waals surface area contributed by atoms with Gasteiger partial charge in [0.15, 0.2) is 5.41 Å². The van der Waals surface area contributed by atoms with Crippen molar-refractivity contribution < 1.29 is 40.7 Å². The summed E-state index contributed by atoms with van der Waals surface area (Å²) in [5.74, 6) is -1.76. The van der Waals surface area contributed by atoms with Gasteiger partial charge >= 0.3 is 18.4 Å². The molecule has 1 aromatic carbocycles. The Morgan fingerprint density at radius 2 is 1.41 bits per heavy atom. The normalized spacial score (nSPS) is 13.2. The average molecular weight is 400 g/mol. The molecule has 0 heterocycles. The monoisotopic (exact) mass is 400 g/mol. The van der Waals surface area contributed by atoms with E-state index in [1.807, 2.05) is 0 Å². The van der Waals surface area contributed by atoms with Crippen molar-refractivity contribution in [2.45, 2.75) is 50.6 Å². The molecule has 5 nitrogen and oxygen atoms in total. The van der Waals surface area contributed by atoms with Crippen molar-refractivity contribution in [2.75, 3.05) is 5.32 Å². The number of ether oxygens (including phenoxy) is 1. The molecule has 0 saturated carbocycles. The van der Waals surface area contributed by atoms with Crippen LogP contribution < -0.4 is 11.1 Å². The summed E-state index contributed by atoms with van der Waals surface area (Å²) in [5, 5.41) is 2.18. The van der Waals surface area contributed by atoms with Gasteiger partial charge in [0.05, 0.1) is 6.42 Å². The smallest absolute Gasteiger partial charge is 0.412 e. The lowest BCUT2D eigenvalue weighted by Crippen LogP contribution is -2.55. The number of hydrogen-bond acceptors (Lipinski definition) is 3. The summed E-state index contributed by atoms with van der Waals surface area (Å²) < 4.78 is 85.3. The van der Waals surface area contributed by atoms with E-state index in [4.69, 9.17) is 4.74 Å². The highest BCUT2D eigenvalue weighted by atomic mass is 19.4. The van der Waals surface area contributed by atoms with Crippen molar-refractivity contribution in [1.82, 2.24) is 0 Å². The van der Waals surface area contributed by atoms with E-state index in [2.05, 4.69) is 11.1 Å². The standard InChI is InChI=1S/C16H18F6N2O3/c1-13(2,3)27-12(26)24-10-6-4-9(5-7-10)14(8-11(23)25,15(17,18)19)16(20,21)22/h4-7H,8H2,1-3H3,(H2,23,25)(H,24,26). The van der Waals surface area contributed by atoms with E-state index >= 15 is 0 Å². The van der Waals surface area contributed by atoms with E-state index in [9.17, 15) is 35.9 Å². The first kappa shape index (κ1) is 22.6. The number of carbonyl (C=O) groups excluding carboxylic acids is 2. The largest absolute Gasteiger partial charge is 0.444 e. The molecule has 0 unspecified atom stereocenters. The molecular weight excluding hydrogens is 382 g/mol. The molecule has 27 heavy (non-hydrogen) atoms. The van der Waals surface area contributed by atoms with Crippen LogP contribution in [0.2, 0.25) is 0 Å². The molecule has 2 amide bonds. The number of carbonyl (C=O) groups is 2. The third kappa shape index (κ3) is 5.27. The van der Waals surface area contributed by atoms with Crippen LogP contribution >= 0.6 is 0 Å². The van der Waals surface area contributed by atoms with Gasteiger partial charge in [0.25, 0.3) is 0 Å². The molecule has 0 aromatic heterocycles.